The van der Waals surface area contributed by atoms with Gasteiger partial charge in [-0.05, 0) is 100 Å². The van der Waals surface area contributed by atoms with E-state index >= 15 is 0 Å². The first-order valence-corrected chi connectivity index (χ1v) is 14.1. The minimum atomic E-state index is 0.0434. The lowest BCUT2D eigenvalue weighted by atomic mass is 9.51. The van der Waals surface area contributed by atoms with E-state index < -0.39 is 0 Å². The molecule has 184 valence electrons. The molecule has 0 aromatic carbocycles. The van der Waals surface area contributed by atoms with Crippen molar-refractivity contribution in [1.82, 2.24) is 0 Å². The second kappa shape index (κ2) is 11.4. The second-order valence-electron chi connectivity index (χ2n) is 11.4. The summed E-state index contributed by atoms with van der Waals surface area (Å²) in [5.74, 6) is 3.26. The van der Waals surface area contributed by atoms with Gasteiger partial charge in [0.2, 0.25) is 0 Å². The Balaban J connectivity index is 1.28. The third kappa shape index (κ3) is 5.33. The van der Waals surface area contributed by atoms with Gasteiger partial charge in [0, 0.05) is 18.3 Å². The van der Waals surface area contributed by atoms with Crippen LogP contribution < -0.4 is 0 Å². The van der Waals surface area contributed by atoms with Gasteiger partial charge in [-0.2, -0.15) is 0 Å². The van der Waals surface area contributed by atoms with Crippen LogP contribution in [0.3, 0.4) is 0 Å². The zero-order chi connectivity index (χ0) is 23.3. The van der Waals surface area contributed by atoms with E-state index in [0.717, 1.165) is 63.2 Å². The number of rotatable bonds is 11. The molecular formula is C30H46O3. The fourth-order valence-electron chi connectivity index (χ4n) is 8.27. The lowest BCUT2D eigenvalue weighted by molar-refractivity contribution is -0.160. The summed E-state index contributed by atoms with van der Waals surface area (Å²) in [5, 5.41) is 0. The van der Waals surface area contributed by atoms with E-state index in [4.69, 9.17) is 4.74 Å². The minimum absolute atomic E-state index is 0.0434. The third-order valence-corrected chi connectivity index (χ3v) is 9.91. The normalized spacial score (nSPS) is 35.2. The number of hydrogen-bond acceptors (Lipinski definition) is 3. The van der Waals surface area contributed by atoms with Gasteiger partial charge in [-0.1, -0.05) is 44.3 Å². The predicted molar refractivity (Wildman–Crippen MR) is 134 cm³/mol. The van der Waals surface area contributed by atoms with Crippen LogP contribution in [0.4, 0.5) is 0 Å². The van der Waals surface area contributed by atoms with Crippen LogP contribution in [0.25, 0.3) is 0 Å². The molecule has 3 nitrogen and oxygen atoms in total. The quantitative estimate of drug-likeness (QED) is 0.182. The molecule has 3 saturated carbocycles. The Labute approximate surface area is 201 Å². The molecule has 3 heteroatoms. The van der Waals surface area contributed by atoms with Gasteiger partial charge in [0.15, 0.2) is 5.78 Å². The lowest BCUT2D eigenvalue weighted by Gasteiger charge is -2.54. The highest BCUT2D eigenvalue weighted by Crippen LogP contribution is 2.63. The zero-order valence-electron chi connectivity index (χ0n) is 21.0. The van der Waals surface area contributed by atoms with Crippen molar-refractivity contribution in [2.75, 3.05) is 0 Å². The summed E-state index contributed by atoms with van der Waals surface area (Å²) in [6.45, 7) is 6.11. The number of carbonyl (C=O) groups is 2. The molecule has 4 aliphatic carbocycles. The number of fused-ring (bicyclic) bond motifs is 5. The van der Waals surface area contributed by atoms with Crippen molar-refractivity contribution >= 4 is 11.8 Å². The first-order valence-electron chi connectivity index (χ1n) is 14.1. The molecule has 3 fully saturated rings. The fraction of sp³-hybridized carbons (Fsp3) is 0.800. The van der Waals surface area contributed by atoms with Gasteiger partial charge in [-0.3, -0.25) is 9.59 Å². The van der Waals surface area contributed by atoms with Crippen molar-refractivity contribution in [1.29, 1.82) is 0 Å². The van der Waals surface area contributed by atoms with Gasteiger partial charge in [0.25, 0.3) is 0 Å². The molecule has 6 atom stereocenters. The first-order chi connectivity index (χ1) is 16.1. The van der Waals surface area contributed by atoms with Crippen molar-refractivity contribution in [2.24, 2.45) is 29.1 Å². The largest absolute Gasteiger partial charge is 0.462 e. The van der Waals surface area contributed by atoms with Crippen molar-refractivity contribution < 1.29 is 14.3 Å². The molecule has 0 amide bonds. The molecule has 0 spiro atoms. The molecule has 0 N–H and O–H groups in total. The summed E-state index contributed by atoms with van der Waals surface area (Å²) < 4.78 is 6.23. The van der Waals surface area contributed by atoms with E-state index in [2.05, 4.69) is 13.5 Å². The molecule has 4 rings (SSSR count). The SMILES string of the molecule is C=CCCCCCCCCC(=O)O[C@H]1CC[C@H]2[C@@H]3CCC4=CC(=O)CC[C@@H]4[C@H]3CC[C@]12CC. The van der Waals surface area contributed by atoms with Crippen LogP contribution in [-0.4, -0.2) is 17.9 Å². The van der Waals surface area contributed by atoms with Crippen molar-refractivity contribution in [3.8, 4) is 0 Å². The maximum atomic E-state index is 12.7. The number of ether oxygens (including phenoxy) is 1. The molecule has 0 saturated heterocycles. The van der Waals surface area contributed by atoms with Crippen LogP contribution >= 0.6 is 0 Å². The Morgan fingerprint density at radius 3 is 2.61 bits per heavy atom. The molecule has 0 bridgehead atoms. The highest BCUT2D eigenvalue weighted by atomic mass is 16.5. The Kier molecular flexibility index (Phi) is 8.52. The van der Waals surface area contributed by atoms with Crippen LogP contribution in [0, 0.1) is 29.1 Å². The minimum Gasteiger partial charge on any atom is -0.462 e. The van der Waals surface area contributed by atoms with Crippen molar-refractivity contribution in [2.45, 2.75) is 122 Å². The smallest absolute Gasteiger partial charge is 0.306 e. The summed E-state index contributed by atoms with van der Waals surface area (Å²) in [6.07, 6.45) is 23.0. The van der Waals surface area contributed by atoms with E-state index in [1.165, 1.54) is 56.9 Å². The lowest BCUT2D eigenvalue weighted by Crippen LogP contribution is -2.49. The van der Waals surface area contributed by atoms with Crippen molar-refractivity contribution in [3.63, 3.8) is 0 Å². The zero-order valence-corrected chi connectivity index (χ0v) is 21.0. The Morgan fingerprint density at radius 2 is 1.82 bits per heavy atom. The maximum absolute atomic E-state index is 12.7. The van der Waals surface area contributed by atoms with Gasteiger partial charge in [-0.15, -0.1) is 6.58 Å². The van der Waals surface area contributed by atoms with E-state index in [9.17, 15) is 9.59 Å². The average molecular weight is 455 g/mol. The van der Waals surface area contributed by atoms with Crippen LogP contribution in [0.1, 0.15) is 116 Å². The van der Waals surface area contributed by atoms with Crippen LogP contribution in [-0.2, 0) is 14.3 Å². The summed E-state index contributed by atoms with van der Waals surface area (Å²) in [5.41, 5.74) is 1.66. The Morgan fingerprint density at radius 1 is 1.03 bits per heavy atom. The standard InChI is InChI=1S/C30H46O3/c1-3-5-6-7-8-9-10-11-12-29(32)33-28-18-17-27-26-15-13-22-21-23(31)14-16-24(22)25(26)19-20-30(27,28)4-2/h3,21,24-28H,1,4-20H2,2H3/t24-,25+,26+,27-,28-,30-/m0/s1. The van der Waals surface area contributed by atoms with Gasteiger partial charge in [0.05, 0.1) is 0 Å². The molecule has 4 aliphatic rings. The maximum Gasteiger partial charge on any atom is 0.306 e. The molecule has 0 aromatic heterocycles. The molecule has 0 unspecified atom stereocenters. The number of allylic oxidation sites excluding steroid dienone is 2. The van der Waals surface area contributed by atoms with Gasteiger partial charge < -0.3 is 4.74 Å². The summed E-state index contributed by atoms with van der Waals surface area (Å²) >= 11 is 0. The molecule has 0 aromatic rings. The monoisotopic (exact) mass is 454 g/mol. The average Bonchev–Trinajstić information content (AvgIpc) is 3.19. The topological polar surface area (TPSA) is 43.4 Å². The predicted octanol–water partition coefficient (Wildman–Crippen LogP) is 7.74. The number of ketones is 1. The molecule has 0 heterocycles. The Bertz CT molecular complexity index is 737. The van der Waals surface area contributed by atoms with Gasteiger partial charge in [-0.25, -0.2) is 0 Å². The number of unbranched alkanes of at least 4 members (excludes halogenated alkanes) is 6. The van der Waals surface area contributed by atoms with E-state index in [1.54, 1.807) is 0 Å². The molecule has 33 heavy (non-hydrogen) atoms. The number of esters is 1. The van der Waals surface area contributed by atoms with Crippen LogP contribution in [0.15, 0.2) is 24.3 Å². The highest BCUT2D eigenvalue weighted by molar-refractivity contribution is 5.91. The van der Waals surface area contributed by atoms with Crippen molar-refractivity contribution in [3.05, 3.63) is 24.3 Å². The first kappa shape index (κ1) is 24.7. The van der Waals surface area contributed by atoms with E-state index in [-0.39, 0.29) is 17.5 Å². The molecule has 0 radical (unpaired) electrons. The molecule has 0 aliphatic heterocycles. The third-order valence-electron chi connectivity index (χ3n) is 9.91. The number of hydrogen-bond donors (Lipinski definition) is 0. The van der Waals surface area contributed by atoms with E-state index in [0.29, 0.717) is 24.0 Å². The summed E-state index contributed by atoms with van der Waals surface area (Å²) in [6, 6.07) is 0. The van der Waals surface area contributed by atoms with Crippen LogP contribution in [0.5, 0.6) is 0 Å². The van der Waals surface area contributed by atoms with Gasteiger partial charge in [0.1, 0.15) is 6.10 Å². The Hall–Kier alpha value is -1.38. The summed E-state index contributed by atoms with van der Waals surface area (Å²) in [7, 11) is 0. The van der Waals surface area contributed by atoms with Gasteiger partial charge >= 0.3 is 5.97 Å². The fourth-order valence-corrected chi connectivity index (χ4v) is 8.27. The van der Waals surface area contributed by atoms with Crippen LogP contribution in [0.2, 0.25) is 0 Å². The number of carbonyl (C=O) groups excluding carboxylic acids is 2. The highest BCUT2D eigenvalue weighted by Gasteiger charge is 2.58. The second-order valence-corrected chi connectivity index (χ2v) is 11.4. The summed E-state index contributed by atoms with van der Waals surface area (Å²) in [4.78, 5) is 24.7. The molecular weight excluding hydrogens is 408 g/mol. The van der Waals surface area contributed by atoms with E-state index in [1.807, 2.05) is 12.2 Å².